The molecule has 0 bridgehead atoms. The zero-order valence-electron chi connectivity index (χ0n) is 19.8. The molecule has 0 amide bonds. The Balaban J connectivity index is -0.000000447. The van der Waals surface area contributed by atoms with Crippen LogP contribution in [0.3, 0.4) is 0 Å². The Morgan fingerprint density at radius 3 is 2.11 bits per heavy atom. The number of aliphatic hydroxyl groups is 2. The van der Waals surface area contributed by atoms with Crippen molar-refractivity contribution in [2.45, 2.75) is 86.2 Å². The van der Waals surface area contributed by atoms with Gasteiger partial charge in [0.15, 0.2) is 5.79 Å². The molecule has 0 aromatic rings. The van der Waals surface area contributed by atoms with Gasteiger partial charge in [-0.05, 0) is 40.5 Å². The molecule has 0 aromatic heterocycles. The largest absolute Gasteiger partial charge is 0.396 e. The predicted molar refractivity (Wildman–Crippen MR) is 96.2 cm³/mol. The van der Waals surface area contributed by atoms with Gasteiger partial charge in [0.1, 0.15) is 11.6 Å². The van der Waals surface area contributed by atoms with Gasteiger partial charge in [-0.3, -0.25) is 9.59 Å². The number of Topliss-reactive ketones (excluding diaryl/α,β-unsaturated/α-hetero) is 2. The number of ketones is 2. The normalized spacial score (nSPS) is 21.1. The second-order valence-corrected chi connectivity index (χ2v) is 7.96. The van der Waals surface area contributed by atoms with Crippen LogP contribution in [0, 0.1) is 10.8 Å². The van der Waals surface area contributed by atoms with E-state index < -0.39 is 22.7 Å². The van der Waals surface area contributed by atoms with Crippen LogP contribution < -0.4 is 0 Å². The molecule has 1 fully saturated rings. The Morgan fingerprint density at radius 2 is 1.70 bits per heavy atom. The van der Waals surface area contributed by atoms with Gasteiger partial charge >= 0.3 is 0 Å². The molecule has 1 rings (SSSR count). The van der Waals surface area contributed by atoms with Crippen molar-refractivity contribution in [2.24, 2.45) is 10.8 Å². The van der Waals surface area contributed by atoms with E-state index in [0.717, 1.165) is 0 Å². The molecule has 0 aromatic carbocycles. The van der Waals surface area contributed by atoms with Crippen LogP contribution in [-0.4, -0.2) is 53.0 Å². The van der Waals surface area contributed by atoms with E-state index in [2.05, 4.69) is 0 Å². The minimum Gasteiger partial charge on any atom is -0.396 e. The van der Waals surface area contributed by atoms with Gasteiger partial charge < -0.3 is 19.7 Å². The average molecular weight is 903 g/mol. The van der Waals surface area contributed by atoms with Crippen molar-refractivity contribution in [3.8, 4) is 0 Å². The van der Waals surface area contributed by atoms with Gasteiger partial charge in [0.25, 0.3) is 0 Å². The molecule has 0 spiro atoms. The van der Waals surface area contributed by atoms with Crippen molar-refractivity contribution < 1.29 is 32.0 Å². The molecular weight excluding hydrogens is 862 g/mol. The molecule has 1 saturated heterocycles. The third kappa shape index (κ3) is 7.94. The molecule has 6 nitrogen and oxygen atoms in total. The molecule has 8 heteroatoms. The summed E-state index contributed by atoms with van der Waals surface area (Å²) in [6, 6.07) is 0. The minimum absolute atomic E-state index is 0. The number of carbonyl (C=O) groups excluding carboxylic acids is 2. The summed E-state index contributed by atoms with van der Waals surface area (Å²) in [6.07, 6.45) is -0.125. The van der Waals surface area contributed by atoms with E-state index in [-0.39, 0.29) is 44.5 Å². The Labute approximate surface area is 154 Å². The van der Waals surface area contributed by atoms with Crippen LogP contribution in [0.25, 0.3) is 0 Å². The molecule has 152 valence electrons. The molecule has 0 radical (unpaired) electrons. The molecule has 27 heavy (non-hydrogen) atoms. The monoisotopic (exact) mass is 907 g/mol. The molecule has 0 aliphatic carbocycles. The summed E-state index contributed by atoms with van der Waals surface area (Å²) in [4.78, 5) is 22.8. The Kier molecular flexibility index (Phi) is 9.28. The first kappa shape index (κ1) is 24.2. The van der Waals surface area contributed by atoms with Crippen molar-refractivity contribution in [3.63, 3.8) is 0 Å². The third-order valence-corrected chi connectivity index (χ3v) is 4.73. The first-order valence-electron chi connectivity index (χ1n) is 9.93. The summed E-state index contributed by atoms with van der Waals surface area (Å²) in [6.45, 7) is 10.5. The summed E-state index contributed by atoms with van der Waals surface area (Å²) >= 11 is 0. The van der Waals surface area contributed by atoms with E-state index in [1.807, 2.05) is 27.7 Å². The summed E-state index contributed by atoms with van der Waals surface area (Å²) in [5.41, 5.74) is -1.51. The fraction of sp³-hybridized carbons (Fsp3) is 0.895. The quantitative estimate of drug-likeness (QED) is 0.427. The molecule has 1 aliphatic rings. The second-order valence-electron chi connectivity index (χ2n) is 7.96. The summed E-state index contributed by atoms with van der Waals surface area (Å²) < 4.78 is 25.2. The molecule has 0 unspecified atom stereocenters. The fourth-order valence-corrected chi connectivity index (χ4v) is 2.20. The van der Waals surface area contributed by atoms with E-state index in [1.165, 1.54) is 0 Å². The van der Waals surface area contributed by atoms with Crippen LogP contribution in [0.15, 0.2) is 0 Å². The van der Waals surface area contributed by atoms with Crippen LogP contribution in [0.1, 0.15) is 70.9 Å². The van der Waals surface area contributed by atoms with Gasteiger partial charge in [-0.2, -0.15) is 0 Å². The van der Waals surface area contributed by atoms with E-state index in [4.69, 9.17) is 17.3 Å². The van der Waals surface area contributed by atoms with Crippen molar-refractivity contribution in [2.75, 3.05) is 13.2 Å². The van der Waals surface area contributed by atoms with Crippen LogP contribution in [0.4, 0.5) is 0 Å². The number of carbonyl (C=O) groups is 2. The number of hydrogen-bond acceptors (Lipinski definition) is 6. The van der Waals surface area contributed by atoms with Crippen LogP contribution >= 0.6 is 0 Å². The Hall–Kier alpha value is -2.82. The minimum atomic E-state index is -0.912. The number of rotatable bonds is 6. The van der Waals surface area contributed by atoms with Gasteiger partial charge in [0.2, 0.25) is 0 Å². The van der Waals surface area contributed by atoms with Crippen LogP contribution in [0.2, 0.25) is 0 Å². The van der Waals surface area contributed by atoms with Crippen LogP contribution in [0.5, 0.6) is 0 Å². The molecule has 1 heterocycles. The zero-order valence-corrected chi connectivity index (χ0v) is 30.8. The molecule has 0 saturated carbocycles. The van der Waals surface area contributed by atoms with Crippen LogP contribution in [-0.2, 0) is 19.1 Å². The van der Waals surface area contributed by atoms with Crippen molar-refractivity contribution in [1.82, 2.24) is 0 Å². The summed E-state index contributed by atoms with van der Waals surface area (Å²) in [5, 5.41) is 18.0. The topological polar surface area (TPSA) is 93.1 Å². The number of ether oxygens (including phenoxy) is 2. The molecule has 2 atom stereocenters. The zero-order chi connectivity index (χ0) is 21.5. The average Bonchev–Trinajstić information content (AvgIpc) is 2.59. The summed E-state index contributed by atoms with van der Waals surface area (Å²) in [5.74, 6) is -1.00. The number of hydrogen-bond donors (Lipinski definition) is 2. The fourth-order valence-electron chi connectivity index (χ4n) is 2.20. The first-order chi connectivity index (χ1) is 12.3. The van der Waals surface area contributed by atoms with Gasteiger partial charge in [0.05, 0.1) is 18.8 Å². The predicted octanol–water partition coefficient (Wildman–Crippen LogP) is 2.49. The first-order valence-corrected chi connectivity index (χ1v) is 8.52. The second kappa shape index (κ2) is 10.4. The van der Waals surface area contributed by atoms with Crippen molar-refractivity contribution >= 4 is 11.6 Å². The third-order valence-electron chi connectivity index (χ3n) is 4.73. The standard InChI is InChI=1S/C11H20O3.C8H16O3.2Sg/c1-8(12)10(2,3)9-6-7-13-11(4,5)14-9;1-6(10)8(2,3)7(11)4-5-9;;/h9H,6-7H2,1-5H3;7,9,11H,4-5H2,1-3H3;;/t9-;7-;;/m00../s1/i2*1T;;. The number of aliphatic hydroxyl groups excluding tert-OH is 2. The molecule has 2 N–H and O–H groups in total. The maximum absolute atomic E-state index is 11.6. The van der Waals surface area contributed by atoms with E-state index in [9.17, 15) is 14.7 Å². The molecule has 1 aliphatic heterocycles. The SMILES string of the molecule is [3H]CC(=O)C(C)(C)[C@@H](O)CCO.[3H]CC(=O)C(C)(C)[C@@H]1CCOC(C)(C)O1.[Sg].[Sg]. The van der Waals surface area contributed by atoms with Gasteiger partial charge in [-0.15, -0.1) is 0 Å². The van der Waals surface area contributed by atoms with Crippen molar-refractivity contribution in [3.05, 3.63) is 0 Å². The van der Waals surface area contributed by atoms with Gasteiger partial charge in [-0.25, -0.2) is 0 Å². The van der Waals surface area contributed by atoms with Crippen molar-refractivity contribution in [1.29, 1.82) is 0 Å². The van der Waals surface area contributed by atoms with E-state index >= 15 is 0 Å². The molecular formula is C19H36O6Sg2. The van der Waals surface area contributed by atoms with E-state index in [1.54, 1.807) is 13.8 Å². The Morgan fingerprint density at radius 1 is 1.19 bits per heavy atom. The smallest absolute Gasteiger partial charge is 0.163 e. The van der Waals surface area contributed by atoms with Gasteiger partial charge in [-0.1, -0.05) is 27.7 Å². The Bertz CT molecular complexity index is 501. The maximum atomic E-state index is 11.6. The van der Waals surface area contributed by atoms with Gasteiger partial charge in [0, 0.05) is 20.2 Å². The van der Waals surface area contributed by atoms with E-state index in [0.29, 0.717) is 13.0 Å². The maximum Gasteiger partial charge on any atom is 0.163 e. The summed E-state index contributed by atoms with van der Waals surface area (Å²) in [7, 11) is 0.